The summed E-state index contributed by atoms with van der Waals surface area (Å²) >= 11 is 6.01. The molecule has 2 saturated carbocycles. The molecule has 0 aliphatic heterocycles. The van der Waals surface area contributed by atoms with E-state index in [1.807, 2.05) is 6.07 Å². The van der Waals surface area contributed by atoms with Crippen molar-refractivity contribution in [3.63, 3.8) is 0 Å². The number of carbonyl (C=O) groups excluding carboxylic acids is 1. The summed E-state index contributed by atoms with van der Waals surface area (Å²) in [5.41, 5.74) is 1.04. The number of sulfonamides is 1. The number of pyridine rings is 1. The van der Waals surface area contributed by atoms with Crippen LogP contribution in [0.15, 0.2) is 77.8 Å². The lowest BCUT2D eigenvalue weighted by Crippen LogP contribution is -2.51. The number of carbonyl (C=O) groups is 1. The van der Waals surface area contributed by atoms with Crippen LogP contribution in [0.4, 0.5) is 0 Å². The Balaban J connectivity index is 1.42. The van der Waals surface area contributed by atoms with E-state index in [9.17, 15) is 23.4 Å². The average Bonchev–Trinajstić information content (AvgIpc) is 3.72. The fraction of sp³-hybridized carbons (Fsp3) is 0.357. The van der Waals surface area contributed by atoms with Gasteiger partial charge in [-0.25, -0.2) is 8.42 Å². The highest BCUT2D eigenvalue weighted by Gasteiger charge is 2.54. The lowest BCUT2D eigenvalue weighted by molar-refractivity contribution is -0.0278. The zero-order chi connectivity index (χ0) is 26.9. The second-order valence-corrected chi connectivity index (χ2v) is 12.3. The van der Waals surface area contributed by atoms with Gasteiger partial charge in [-0.05, 0) is 86.2 Å². The van der Waals surface area contributed by atoms with E-state index in [0.29, 0.717) is 42.0 Å². The second-order valence-electron chi connectivity index (χ2n) is 9.96. The van der Waals surface area contributed by atoms with Crippen molar-refractivity contribution in [2.75, 3.05) is 0 Å². The van der Waals surface area contributed by atoms with Gasteiger partial charge in [0, 0.05) is 16.8 Å². The van der Waals surface area contributed by atoms with Gasteiger partial charge in [0.1, 0.15) is 0 Å². The number of benzene rings is 2. The fourth-order valence-electron chi connectivity index (χ4n) is 5.14. The van der Waals surface area contributed by atoms with Gasteiger partial charge in [0.2, 0.25) is 10.0 Å². The summed E-state index contributed by atoms with van der Waals surface area (Å²) in [6, 6.07) is 17.9. The number of aliphatic hydroxyl groups is 2. The van der Waals surface area contributed by atoms with Crippen LogP contribution in [0.3, 0.4) is 0 Å². The predicted molar refractivity (Wildman–Crippen MR) is 143 cm³/mol. The fourth-order valence-corrected chi connectivity index (χ4v) is 7.05. The second kappa shape index (κ2) is 10.7. The molecule has 0 unspecified atom stereocenters. The van der Waals surface area contributed by atoms with Gasteiger partial charge in [-0.1, -0.05) is 29.8 Å². The normalized spacial score (nSPS) is 22.7. The Morgan fingerprint density at radius 3 is 2.37 bits per heavy atom. The third-order valence-corrected chi connectivity index (χ3v) is 9.64. The molecule has 3 N–H and O–H groups in total. The molecule has 2 aliphatic rings. The molecule has 3 atom stereocenters. The van der Waals surface area contributed by atoms with Crippen molar-refractivity contribution in [1.29, 1.82) is 0 Å². The number of rotatable bonds is 8. The minimum Gasteiger partial charge on any atom is -0.390 e. The van der Waals surface area contributed by atoms with Gasteiger partial charge in [0.25, 0.3) is 5.91 Å². The Labute approximate surface area is 227 Å². The molecule has 0 radical (unpaired) electrons. The van der Waals surface area contributed by atoms with E-state index in [1.54, 1.807) is 54.7 Å². The summed E-state index contributed by atoms with van der Waals surface area (Å²) in [6.07, 6.45) is 2.87. The quantitative estimate of drug-likeness (QED) is 0.390. The van der Waals surface area contributed by atoms with E-state index >= 15 is 0 Å². The molecule has 2 aromatic carbocycles. The van der Waals surface area contributed by atoms with Crippen molar-refractivity contribution in [3.8, 4) is 0 Å². The van der Waals surface area contributed by atoms with Crippen LogP contribution in [-0.2, 0) is 22.1 Å². The molecular weight excluding hydrogens is 526 g/mol. The summed E-state index contributed by atoms with van der Waals surface area (Å²) in [5, 5.41) is 23.4. The van der Waals surface area contributed by atoms with E-state index in [1.165, 1.54) is 16.4 Å². The van der Waals surface area contributed by atoms with Crippen LogP contribution in [0.2, 0.25) is 5.02 Å². The first-order valence-electron chi connectivity index (χ1n) is 12.7. The van der Waals surface area contributed by atoms with Crippen LogP contribution >= 0.6 is 11.6 Å². The van der Waals surface area contributed by atoms with Crippen molar-refractivity contribution in [3.05, 3.63) is 94.8 Å². The maximum absolute atomic E-state index is 13.9. The smallest absolute Gasteiger partial charge is 0.251 e. The molecule has 1 amide bonds. The van der Waals surface area contributed by atoms with Crippen molar-refractivity contribution < 1.29 is 23.4 Å². The molecular formula is C28H30ClN3O5S. The Morgan fingerprint density at radius 2 is 1.74 bits per heavy atom. The molecule has 0 saturated heterocycles. The Bertz CT molecular complexity index is 1380. The van der Waals surface area contributed by atoms with Crippen LogP contribution in [-0.4, -0.2) is 52.1 Å². The molecule has 3 aromatic rings. The number of nitrogens with one attached hydrogen (secondary N) is 1. The highest BCUT2D eigenvalue weighted by Crippen LogP contribution is 2.53. The van der Waals surface area contributed by atoms with E-state index in [4.69, 9.17) is 11.6 Å². The zero-order valence-electron chi connectivity index (χ0n) is 20.7. The lowest BCUT2D eigenvalue weighted by Gasteiger charge is -2.32. The molecule has 2 aliphatic carbocycles. The van der Waals surface area contributed by atoms with Gasteiger partial charge in [0.15, 0.2) is 0 Å². The molecule has 1 heterocycles. The summed E-state index contributed by atoms with van der Waals surface area (Å²) < 4.78 is 29.3. The van der Waals surface area contributed by atoms with Crippen molar-refractivity contribution in [2.45, 2.75) is 67.3 Å². The van der Waals surface area contributed by atoms with E-state index in [-0.39, 0.29) is 17.3 Å². The molecule has 8 nitrogen and oxygen atoms in total. The summed E-state index contributed by atoms with van der Waals surface area (Å²) in [5.74, 6) is -0.348. The van der Waals surface area contributed by atoms with Crippen molar-refractivity contribution >= 4 is 27.5 Å². The van der Waals surface area contributed by atoms with Crippen molar-refractivity contribution in [1.82, 2.24) is 14.6 Å². The molecule has 2 fully saturated rings. The molecule has 10 heteroatoms. The number of nitrogens with zero attached hydrogens (tertiary/aromatic N) is 2. The lowest BCUT2D eigenvalue weighted by atomic mass is 9.90. The van der Waals surface area contributed by atoms with Crippen LogP contribution < -0.4 is 5.32 Å². The van der Waals surface area contributed by atoms with Gasteiger partial charge >= 0.3 is 0 Å². The minimum atomic E-state index is -3.91. The third-order valence-electron chi connectivity index (χ3n) is 7.46. The molecule has 38 heavy (non-hydrogen) atoms. The summed E-state index contributed by atoms with van der Waals surface area (Å²) in [7, 11) is -3.91. The standard InChI is InChI=1S/C28H30ClN3O5S/c29-21-11-13-23(14-12-21)38(36,37)32(18-22-4-1-2-17-30-22)28(15-16-28)20-9-7-19(8-10-20)27(35)31-24-5-3-6-25(33)26(24)34/h1-2,4,7-14,17,24-26,33-34H,3,5-6,15-16,18H2,(H,31,35)/t24-,25-,26+/m0/s1. The van der Waals surface area contributed by atoms with E-state index < -0.39 is 33.8 Å². The predicted octanol–water partition coefficient (Wildman–Crippen LogP) is 3.62. The highest BCUT2D eigenvalue weighted by molar-refractivity contribution is 7.89. The number of hydrogen-bond donors (Lipinski definition) is 3. The topological polar surface area (TPSA) is 120 Å². The summed E-state index contributed by atoms with van der Waals surface area (Å²) in [4.78, 5) is 17.4. The molecule has 1 aromatic heterocycles. The first-order valence-corrected chi connectivity index (χ1v) is 14.5. The maximum Gasteiger partial charge on any atom is 0.251 e. The van der Waals surface area contributed by atoms with Gasteiger partial charge in [-0.3, -0.25) is 9.78 Å². The largest absolute Gasteiger partial charge is 0.390 e. The minimum absolute atomic E-state index is 0.0932. The van der Waals surface area contributed by atoms with Gasteiger partial charge in [-0.15, -0.1) is 0 Å². The Kier molecular flexibility index (Phi) is 7.57. The Hall–Kier alpha value is -2.82. The monoisotopic (exact) mass is 555 g/mol. The van der Waals surface area contributed by atoms with Crippen LogP contribution in [0.25, 0.3) is 0 Å². The number of amides is 1. The third kappa shape index (κ3) is 5.34. The first-order chi connectivity index (χ1) is 18.2. The summed E-state index contributed by atoms with van der Waals surface area (Å²) in [6.45, 7) is 0.0932. The van der Waals surface area contributed by atoms with E-state index in [2.05, 4.69) is 10.3 Å². The van der Waals surface area contributed by atoms with E-state index in [0.717, 1.165) is 12.0 Å². The number of aromatic nitrogens is 1. The molecule has 0 bridgehead atoms. The first kappa shape index (κ1) is 26.8. The molecule has 0 spiro atoms. The van der Waals surface area contributed by atoms with Crippen LogP contribution in [0.1, 0.15) is 53.7 Å². The van der Waals surface area contributed by atoms with Crippen molar-refractivity contribution in [2.24, 2.45) is 0 Å². The number of aliphatic hydroxyl groups excluding tert-OH is 2. The number of hydrogen-bond acceptors (Lipinski definition) is 6. The zero-order valence-corrected chi connectivity index (χ0v) is 22.3. The van der Waals surface area contributed by atoms with Crippen LogP contribution in [0.5, 0.6) is 0 Å². The molecule has 200 valence electrons. The average molecular weight is 556 g/mol. The van der Waals surface area contributed by atoms with Gasteiger partial charge in [-0.2, -0.15) is 4.31 Å². The number of halogens is 1. The van der Waals surface area contributed by atoms with Crippen LogP contribution in [0, 0.1) is 0 Å². The SMILES string of the molecule is O=C(N[C@H]1CCC[C@H](O)[C@@H]1O)c1ccc(C2(N(Cc3ccccn3)S(=O)(=O)c3ccc(Cl)cc3)CC2)cc1. The maximum atomic E-state index is 13.9. The molecule has 5 rings (SSSR count). The highest BCUT2D eigenvalue weighted by atomic mass is 35.5. The Morgan fingerprint density at radius 1 is 1.03 bits per heavy atom. The van der Waals surface area contributed by atoms with Gasteiger partial charge in [0.05, 0.1) is 40.9 Å². The van der Waals surface area contributed by atoms with Gasteiger partial charge < -0.3 is 15.5 Å².